The summed E-state index contributed by atoms with van der Waals surface area (Å²) in [5.41, 5.74) is 8.31. The van der Waals surface area contributed by atoms with Crippen molar-refractivity contribution in [1.29, 1.82) is 0 Å². The van der Waals surface area contributed by atoms with Crippen molar-refractivity contribution in [2.75, 3.05) is 19.7 Å². The van der Waals surface area contributed by atoms with Crippen molar-refractivity contribution in [3.05, 3.63) is 140 Å². The van der Waals surface area contributed by atoms with E-state index in [9.17, 15) is 19.5 Å². The fraction of sp³-hybridized carbons (Fsp3) is 0.304. The van der Waals surface area contributed by atoms with E-state index >= 15 is 0 Å². The number of nitrogens with one attached hydrogen (secondary N) is 2. The smallest absolute Gasteiger partial charge is 0.326 e. The number of ether oxygens (including phenoxy) is 3. The Morgan fingerprint density at radius 1 is 0.934 bits per heavy atom. The second-order valence-corrected chi connectivity index (χ2v) is 16.2. The van der Waals surface area contributed by atoms with Gasteiger partial charge in [0.25, 0.3) is 0 Å². The topological polar surface area (TPSA) is 139 Å². The highest BCUT2D eigenvalue weighted by Gasteiger charge is 2.40. The van der Waals surface area contributed by atoms with Crippen LogP contribution in [0.25, 0.3) is 11.1 Å². The molecule has 320 valence electrons. The number of carbonyl (C=O) groups excluding carboxylic acids is 2. The fourth-order valence-corrected chi connectivity index (χ4v) is 8.25. The minimum absolute atomic E-state index is 0. The Bertz CT molecular complexity index is 2390. The van der Waals surface area contributed by atoms with E-state index in [4.69, 9.17) is 37.4 Å². The van der Waals surface area contributed by atoms with Gasteiger partial charge in [-0.1, -0.05) is 65.7 Å². The summed E-state index contributed by atoms with van der Waals surface area (Å²) in [7, 11) is 0. The summed E-state index contributed by atoms with van der Waals surface area (Å²) in [6.45, 7) is 5.98. The van der Waals surface area contributed by atoms with Crippen molar-refractivity contribution in [3.63, 3.8) is 0 Å². The van der Waals surface area contributed by atoms with Crippen LogP contribution in [-0.4, -0.2) is 64.6 Å². The summed E-state index contributed by atoms with van der Waals surface area (Å²) in [6.07, 6.45) is 2.32. The van der Waals surface area contributed by atoms with E-state index in [1.165, 1.54) is 0 Å². The standard InChI is InChI=1S/C46H44Cl2N4O7.2ClH/c1-26-27(2)50-16-14-36(26)30-6-3-28(4-7-30)18-39(46(55)56)51-44(53)40-19-33-20-41-42(21-34(33)23-52(40)45(54)32-13-15-49-22-32)59-43(25-58-41)31-8-10-35(11-9-31)57-24-29-5-12-37(47)38(48)17-29;;/h3-12,14,16-17,20-21,32,39-40,43,49H,13,15,18-19,22-25H2,1-2H3,(H,51,53)(H,55,56);2*1H/t32-,39-,40-,43+;;/m0../s1. The molecule has 5 aromatic rings. The molecule has 0 saturated carbocycles. The van der Waals surface area contributed by atoms with Gasteiger partial charge in [-0.2, -0.15) is 0 Å². The lowest BCUT2D eigenvalue weighted by atomic mass is 9.90. The van der Waals surface area contributed by atoms with Crippen LogP contribution in [0, 0.1) is 19.8 Å². The van der Waals surface area contributed by atoms with Gasteiger partial charge >= 0.3 is 5.97 Å². The summed E-state index contributed by atoms with van der Waals surface area (Å²) < 4.78 is 18.7. The van der Waals surface area contributed by atoms with E-state index in [1.54, 1.807) is 23.2 Å². The molecule has 3 N–H and O–H groups in total. The number of rotatable bonds is 11. The number of nitrogens with zero attached hydrogens (tertiary/aromatic N) is 2. The molecule has 0 radical (unpaired) electrons. The van der Waals surface area contributed by atoms with Crippen LogP contribution in [0.1, 0.15) is 51.6 Å². The van der Waals surface area contributed by atoms with Crippen LogP contribution < -0.4 is 24.8 Å². The number of pyridine rings is 1. The zero-order chi connectivity index (χ0) is 41.2. The number of hydrogen-bond donors (Lipinski definition) is 3. The molecule has 61 heavy (non-hydrogen) atoms. The Balaban J connectivity index is 0.00000311. The molecule has 0 spiro atoms. The third-order valence-electron chi connectivity index (χ3n) is 11.5. The number of amides is 2. The molecule has 1 saturated heterocycles. The van der Waals surface area contributed by atoms with Crippen molar-refractivity contribution < 1.29 is 33.7 Å². The molecule has 3 aliphatic rings. The van der Waals surface area contributed by atoms with Crippen LogP contribution in [-0.2, 0) is 40.4 Å². The third-order valence-corrected chi connectivity index (χ3v) is 12.2. The SMILES string of the molecule is Cc1nccc(-c2ccc(C[C@H](NC(=O)[C@@H]3Cc4cc5c(cc4CN3C(=O)[C@H]3CCNC3)O[C@@H](c3ccc(OCc4ccc(Cl)c(Cl)c4)cc3)CO5)C(=O)O)cc2)c1C.Cl.Cl. The number of aryl methyl sites for hydroxylation is 1. The molecule has 0 unspecified atom stereocenters. The first-order valence-corrected chi connectivity index (χ1v) is 20.4. The Hall–Kier alpha value is -5.04. The molecule has 4 aromatic carbocycles. The lowest BCUT2D eigenvalue weighted by Gasteiger charge is -2.38. The predicted octanol–water partition coefficient (Wildman–Crippen LogP) is 8.28. The first kappa shape index (κ1) is 45.5. The van der Waals surface area contributed by atoms with Crippen LogP contribution in [0.15, 0.2) is 91.1 Å². The summed E-state index contributed by atoms with van der Waals surface area (Å²) in [5.74, 6) is -0.321. The van der Waals surface area contributed by atoms with E-state index in [1.807, 2.05) is 86.6 Å². The Morgan fingerprint density at radius 2 is 1.67 bits per heavy atom. The molecule has 8 rings (SSSR count). The third kappa shape index (κ3) is 10.2. The minimum Gasteiger partial charge on any atom is -0.489 e. The molecule has 1 aromatic heterocycles. The van der Waals surface area contributed by atoms with E-state index in [-0.39, 0.29) is 68.7 Å². The first-order chi connectivity index (χ1) is 28.5. The Labute approximate surface area is 376 Å². The number of aromatic nitrogens is 1. The second-order valence-electron chi connectivity index (χ2n) is 15.3. The normalized spacial score (nSPS) is 18.2. The number of halogens is 4. The molecule has 0 bridgehead atoms. The number of benzene rings is 4. The maximum absolute atomic E-state index is 14.1. The number of carboxylic acids is 1. The zero-order valence-electron chi connectivity index (χ0n) is 33.5. The van der Waals surface area contributed by atoms with E-state index in [0.717, 1.165) is 50.2 Å². The highest BCUT2D eigenvalue weighted by atomic mass is 35.5. The van der Waals surface area contributed by atoms with Gasteiger partial charge in [-0.05, 0) is 114 Å². The molecule has 15 heteroatoms. The average molecular weight is 909 g/mol. The first-order valence-electron chi connectivity index (χ1n) is 19.7. The van der Waals surface area contributed by atoms with Gasteiger partial charge in [0.1, 0.15) is 31.0 Å². The number of fused-ring (bicyclic) bond motifs is 2. The maximum atomic E-state index is 14.1. The average Bonchev–Trinajstić information content (AvgIpc) is 3.79. The highest BCUT2D eigenvalue weighted by Crippen LogP contribution is 2.41. The number of carboxylic acid groups (broad SMARTS) is 1. The molecule has 3 aliphatic heterocycles. The lowest BCUT2D eigenvalue weighted by molar-refractivity contribution is -0.147. The minimum atomic E-state index is -1.20. The van der Waals surface area contributed by atoms with Crippen molar-refractivity contribution in [2.24, 2.45) is 5.92 Å². The van der Waals surface area contributed by atoms with Crippen molar-refractivity contribution in [3.8, 4) is 28.4 Å². The molecule has 4 atom stereocenters. The second kappa shape index (κ2) is 19.8. The van der Waals surface area contributed by atoms with Gasteiger partial charge in [-0.15, -0.1) is 24.8 Å². The summed E-state index contributed by atoms with van der Waals surface area (Å²) in [5, 5.41) is 17.3. The van der Waals surface area contributed by atoms with Gasteiger partial charge in [0, 0.05) is 37.8 Å². The van der Waals surface area contributed by atoms with E-state index in [2.05, 4.69) is 15.6 Å². The largest absolute Gasteiger partial charge is 0.489 e. The maximum Gasteiger partial charge on any atom is 0.326 e. The molecule has 0 aliphatic carbocycles. The zero-order valence-corrected chi connectivity index (χ0v) is 36.6. The molecule has 4 heterocycles. The fourth-order valence-electron chi connectivity index (χ4n) is 7.93. The molecular weight excluding hydrogens is 862 g/mol. The number of carbonyl (C=O) groups is 3. The van der Waals surface area contributed by atoms with Crippen molar-refractivity contribution in [2.45, 2.75) is 64.4 Å². The van der Waals surface area contributed by atoms with Gasteiger partial charge in [0.05, 0.1) is 16.0 Å². The van der Waals surface area contributed by atoms with Crippen LogP contribution in [0.4, 0.5) is 0 Å². The van der Waals surface area contributed by atoms with Crippen LogP contribution in [0.3, 0.4) is 0 Å². The van der Waals surface area contributed by atoms with Crippen LogP contribution in [0.2, 0.25) is 10.0 Å². The van der Waals surface area contributed by atoms with Crippen molar-refractivity contribution >= 4 is 65.8 Å². The Kier molecular flexibility index (Phi) is 14.7. The van der Waals surface area contributed by atoms with Crippen LogP contribution in [0.5, 0.6) is 17.2 Å². The monoisotopic (exact) mass is 906 g/mol. The summed E-state index contributed by atoms with van der Waals surface area (Å²) >= 11 is 12.2. The molecule has 2 amide bonds. The Morgan fingerprint density at radius 3 is 2.38 bits per heavy atom. The number of aliphatic carboxylic acids is 1. The van der Waals surface area contributed by atoms with Gasteiger partial charge in [-0.3, -0.25) is 14.6 Å². The van der Waals surface area contributed by atoms with Crippen LogP contribution >= 0.6 is 48.0 Å². The van der Waals surface area contributed by atoms with Gasteiger partial charge < -0.3 is 34.9 Å². The van der Waals surface area contributed by atoms with Gasteiger partial charge in [0.2, 0.25) is 11.8 Å². The molecular formula is C46H46Cl4N4O7. The lowest BCUT2D eigenvalue weighted by Crippen LogP contribution is -2.57. The molecule has 11 nitrogen and oxygen atoms in total. The van der Waals surface area contributed by atoms with Gasteiger partial charge in [0.15, 0.2) is 17.6 Å². The van der Waals surface area contributed by atoms with E-state index in [0.29, 0.717) is 53.4 Å². The number of hydrogen-bond acceptors (Lipinski definition) is 8. The molecule has 1 fully saturated rings. The quantitative estimate of drug-likeness (QED) is 0.120. The van der Waals surface area contributed by atoms with E-state index < -0.39 is 24.0 Å². The highest BCUT2D eigenvalue weighted by molar-refractivity contribution is 6.42. The predicted molar refractivity (Wildman–Crippen MR) is 238 cm³/mol. The van der Waals surface area contributed by atoms with Gasteiger partial charge in [-0.25, -0.2) is 4.79 Å². The van der Waals surface area contributed by atoms with Crippen molar-refractivity contribution in [1.82, 2.24) is 20.5 Å². The summed E-state index contributed by atoms with van der Waals surface area (Å²) in [6, 6.07) is 24.3. The summed E-state index contributed by atoms with van der Waals surface area (Å²) in [4.78, 5) is 46.7.